The number of carbonyl (C=O) groups is 1. The van der Waals surface area contributed by atoms with E-state index in [0.29, 0.717) is 44.2 Å². The Balaban J connectivity index is 1.38. The fourth-order valence-corrected chi connectivity index (χ4v) is 5.52. The number of fused-ring (bicyclic) bond motifs is 1. The molecule has 0 radical (unpaired) electrons. The molecule has 10 heteroatoms. The highest BCUT2D eigenvalue weighted by molar-refractivity contribution is 7.92. The van der Waals surface area contributed by atoms with Gasteiger partial charge in [0.2, 0.25) is 22.7 Å². The number of rotatable bonds is 8. The van der Waals surface area contributed by atoms with E-state index >= 15 is 0 Å². The summed E-state index contributed by atoms with van der Waals surface area (Å²) in [6.45, 7) is 7.51. The predicted octanol–water partition coefficient (Wildman–Crippen LogP) is 2.31. The minimum atomic E-state index is -3.67. The van der Waals surface area contributed by atoms with Crippen molar-refractivity contribution in [2.75, 3.05) is 50.1 Å². The SMILES string of the molecule is CCOc1ccc(N([C@H](C)C(=O)N2CCN(Cc3ccc4c(c3)OCO4)CC2)S(C)(=O)=O)cc1. The molecule has 4 rings (SSSR count). The number of carbonyl (C=O) groups excluding carboxylic acids is 1. The Morgan fingerprint density at radius 2 is 1.74 bits per heavy atom. The molecule has 9 nitrogen and oxygen atoms in total. The van der Waals surface area contributed by atoms with Gasteiger partial charge in [0.05, 0.1) is 18.6 Å². The second-order valence-corrected chi connectivity index (χ2v) is 10.3. The van der Waals surface area contributed by atoms with Crippen LogP contribution in [0.1, 0.15) is 19.4 Å². The minimum absolute atomic E-state index is 0.206. The molecule has 2 aliphatic rings. The van der Waals surface area contributed by atoms with Gasteiger partial charge in [0.25, 0.3) is 0 Å². The summed E-state index contributed by atoms with van der Waals surface area (Å²) in [5.41, 5.74) is 1.56. The van der Waals surface area contributed by atoms with E-state index in [4.69, 9.17) is 14.2 Å². The van der Waals surface area contributed by atoms with E-state index in [2.05, 4.69) is 4.90 Å². The highest BCUT2D eigenvalue weighted by Crippen LogP contribution is 2.33. The van der Waals surface area contributed by atoms with E-state index in [-0.39, 0.29) is 12.7 Å². The van der Waals surface area contributed by atoms with Crippen molar-refractivity contribution in [1.82, 2.24) is 9.80 Å². The van der Waals surface area contributed by atoms with E-state index in [9.17, 15) is 13.2 Å². The van der Waals surface area contributed by atoms with Crippen molar-refractivity contribution >= 4 is 21.6 Å². The summed E-state index contributed by atoms with van der Waals surface area (Å²) in [6.07, 6.45) is 1.12. The molecule has 2 aliphatic heterocycles. The maximum absolute atomic E-state index is 13.3. The van der Waals surface area contributed by atoms with Crippen molar-refractivity contribution in [2.24, 2.45) is 0 Å². The molecule has 184 valence electrons. The van der Waals surface area contributed by atoms with Crippen LogP contribution in [0.4, 0.5) is 5.69 Å². The fraction of sp³-hybridized carbons (Fsp3) is 0.458. The minimum Gasteiger partial charge on any atom is -0.494 e. The van der Waals surface area contributed by atoms with Crippen LogP contribution in [-0.4, -0.2) is 76.0 Å². The summed E-state index contributed by atoms with van der Waals surface area (Å²) >= 11 is 0. The number of anilines is 1. The average Bonchev–Trinajstić information content (AvgIpc) is 3.27. The summed E-state index contributed by atoms with van der Waals surface area (Å²) in [5, 5.41) is 0. The monoisotopic (exact) mass is 489 g/mol. The van der Waals surface area contributed by atoms with Gasteiger partial charge in [-0.2, -0.15) is 0 Å². The average molecular weight is 490 g/mol. The second-order valence-electron chi connectivity index (χ2n) is 8.45. The van der Waals surface area contributed by atoms with Crippen molar-refractivity contribution in [1.29, 1.82) is 0 Å². The van der Waals surface area contributed by atoms with E-state index in [1.807, 2.05) is 25.1 Å². The van der Waals surface area contributed by atoms with Crippen LogP contribution in [0.5, 0.6) is 17.2 Å². The summed E-state index contributed by atoms with van der Waals surface area (Å²) in [6, 6.07) is 11.8. The molecular formula is C24H31N3O6S. The largest absolute Gasteiger partial charge is 0.494 e. The van der Waals surface area contributed by atoms with Crippen LogP contribution in [0.2, 0.25) is 0 Å². The molecule has 0 aromatic heterocycles. The lowest BCUT2D eigenvalue weighted by molar-refractivity contribution is -0.133. The topological polar surface area (TPSA) is 88.6 Å². The van der Waals surface area contributed by atoms with Gasteiger partial charge in [-0.15, -0.1) is 0 Å². The van der Waals surface area contributed by atoms with Crippen LogP contribution in [0.25, 0.3) is 0 Å². The van der Waals surface area contributed by atoms with Crippen LogP contribution in [0.15, 0.2) is 42.5 Å². The first-order valence-corrected chi connectivity index (χ1v) is 13.2. The molecule has 2 aromatic carbocycles. The van der Waals surface area contributed by atoms with Gasteiger partial charge in [0.15, 0.2) is 11.5 Å². The number of piperazine rings is 1. The maximum Gasteiger partial charge on any atom is 0.246 e. The Hall–Kier alpha value is -2.98. The number of nitrogens with zero attached hydrogens (tertiary/aromatic N) is 3. The van der Waals surface area contributed by atoms with Gasteiger partial charge in [0.1, 0.15) is 11.8 Å². The molecule has 0 aliphatic carbocycles. The Bertz CT molecular complexity index is 1110. The Labute approximate surface area is 200 Å². The predicted molar refractivity (Wildman–Crippen MR) is 129 cm³/mol. The summed E-state index contributed by atoms with van der Waals surface area (Å²) in [4.78, 5) is 17.3. The van der Waals surface area contributed by atoms with E-state index in [0.717, 1.165) is 29.9 Å². The number of ether oxygens (including phenoxy) is 3. The van der Waals surface area contributed by atoms with Gasteiger partial charge in [-0.05, 0) is 55.8 Å². The van der Waals surface area contributed by atoms with Crippen molar-refractivity contribution in [3.8, 4) is 17.2 Å². The van der Waals surface area contributed by atoms with Gasteiger partial charge in [-0.3, -0.25) is 14.0 Å². The zero-order chi connectivity index (χ0) is 24.3. The number of amides is 1. The van der Waals surface area contributed by atoms with Gasteiger partial charge in [0, 0.05) is 32.7 Å². The molecule has 1 atom stereocenters. The van der Waals surface area contributed by atoms with E-state index in [1.54, 1.807) is 36.1 Å². The molecule has 1 amide bonds. The standard InChI is InChI=1S/C24H31N3O6S/c1-4-31-21-8-6-20(7-9-21)27(34(3,29)30)18(2)24(28)26-13-11-25(12-14-26)16-19-5-10-22-23(15-19)33-17-32-22/h5-10,15,18H,4,11-14,16-17H2,1-3H3/t18-/m1/s1. The summed E-state index contributed by atoms with van der Waals surface area (Å²) in [7, 11) is -3.67. The van der Waals surface area contributed by atoms with Crippen LogP contribution >= 0.6 is 0 Å². The van der Waals surface area contributed by atoms with Crippen molar-refractivity contribution in [3.05, 3.63) is 48.0 Å². The number of hydrogen-bond donors (Lipinski definition) is 0. The third-order valence-electron chi connectivity index (χ3n) is 6.00. The molecule has 0 spiro atoms. The van der Waals surface area contributed by atoms with Crippen LogP contribution in [-0.2, 0) is 21.4 Å². The maximum atomic E-state index is 13.3. The third kappa shape index (κ3) is 5.39. The van der Waals surface area contributed by atoms with Crippen molar-refractivity contribution < 1.29 is 27.4 Å². The number of hydrogen-bond acceptors (Lipinski definition) is 7. The highest BCUT2D eigenvalue weighted by Gasteiger charge is 2.33. The van der Waals surface area contributed by atoms with Gasteiger partial charge in [-0.1, -0.05) is 6.07 Å². The number of benzene rings is 2. The first-order valence-electron chi connectivity index (χ1n) is 11.4. The molecule has 34 heavy (non-hydrogen) atoms. The Morgan fingerprint density at radius 3 is 2.38 bits per heavy atom. The van der Waals surface area contributed by atoms with Crippen LogP contribution in [0.3, 0.4) is 0 Å². The zero-order valence-corrected chi connectivity index (χ0v) is 20.6. The molecular weight excluding hydrogens is 458 g/mol. The normalized spacial score (nSPS) is 16.9. The lowest BCUT2D eigenvalue weighted by atomic mass is 10.1. The first-order chi connectivity index (χ1) is 16.3. The zero-order valence-electron chi connectivity index (χ0n) is 19.8. The lowest BCUT2D eigenvalue weighted by Crippen LogP contribution is -2.55. The molecule has 2 aromatic rings. The second kappa shape index (κ2) is 10.1. The molecule has 1 fully saturated rings. The van der Waals surface area contributed by atoms with Crippen molar-refractivity contribution in [2.45, 2.75) is 26.4 Å². The van der Waals surface area contributed by atoms with Crippen LogP contribution in [0, 0.1) is 0 Å². The fourth-order valence-electron chi connectivity index (χ4n) is 4.35. The third-order valence-corrected chi connectivity index (χ3v) is 7.24. The smallest absolute Gasteiger partial charge is 0.246 e. The quantitative estimate of drug-likeness (QED) is 0.562. The van der Waals surface area contributed by atoms with Gasteiger partial charge in [-0.25, -0.2) is 8.42 Å². The molecule has 0 unspecified atom stereocenters. The molecule has 1 saturated heterocycles. The molecule has 0 saturated carbocycles. The number of sulfonamides is 1. The van der Waals surface area contributed by atoms with Crippen LogP contribution < -0.4 is 18.5 Å². The summed E-state index contributed by atoms with van der Waals surface area (Å²) in [5.74, 6) is 1.96. The molecule has 0 bridgehead atoms. The Morgan fingerprint density at radius 1 is 1.06 bits per heavy atom. The van der Waals surface area contributed by atoms with E-state index in [1.165, 1.54) is 4.31 Å². The van der Waals surface area contributed by atoms with Crippen molar-refractivity contribution in [3.63, 3.8) is 0 Å². The van der Waals surface area contributed by atoms with E-state index < -0.39 is 16.1 Å². The Kier molecular flexibility index (Phi) is 7.18. The summed E-state index contributed by atoms with van der Waals surface area (Å²) < 4.78 is 42.7. The lowest BCUT2D eigenvalue weighted by Gasteiger charge is -2.38. The highest BCUT2D eigenvalue weighted by atomic mass is 32.2. The van der Waals surface area contributed by atoms with Gasteiger partial charge < -0.3 is 19.1 Å². The first kappa shape index (κ1) is 24.2. The molecule has 0 N–H and O–H groups in total. The van der Waals surface area contributed by atoms with Gasteiger partial charge >= 0.3 is 0 Å². The molecule has 2 heterocycles.